The Balaban J connectivity index is 1.75. The molecule has 0 saturated heterocycles. The summed E-state index contributed by atoms with van der Waals surface area (Å²) in [5.41, 5.74) is -5.85. The number of nitrogens with zero attached hydrogens (tertiary/aromatic N) is 1. The van der Waals surface area contributed by atoms with Crippen LogP contribution in [-0.4, -0.2) is 104 Å². The van der Waals surface area contributed by atoms with Crippen LogP contribution in [0.3, 0.4) is 0 Å². The van der Waals surface area contributed by atoms with Gasteiger partial charge in [-0.2, -0.15) is 0 Å². The van der Waals surface area contributed by atoms with E-state index < -0.39 is 47.5 Å². The van der Waals surface area contributed by atoms with Gasteiger partial charge in [-0.1, -0.05) is 24.3 Å². The summed E-state index contributed by atoms with van der Waals surface area (Å²) < 4.78 is 0. The van der Waals surface area contributed by atoms with Crippen LogP contribution in [0.15, 0.2) is 48.5 Å². The molecule has 7 atom stereocenters. The van der Waals surface area contributed by atoms with Gasteiger partial charge in [0.05, 0.1) is 18.6 Å². The number of aliphatic hydroxyl groups excluding tert-OH is 3. The van der Waals surface area contributed by atoms with Crippen molar-refractivity contribution in [3.63, 3.8) is 0 Å². The lowest BCUT2D eigenvalue weighted by Crippen LogP contribution is -2.99. The van der Waals surface area contributed by atoms with Crippen LogP contribution >= 0.6 is 0 Å². The van der Waals surface area contributed by atoms with E-state index in [9.17, 15) is 40.2 Å². The van der Waals surface area contributed by atoms with Gasteiger partial charge in [0.25, 0.3) is 11.8 Å². The van der Waals surface area contributed by atoms with E-state index in [0.717, 1.165) is 0 Å². The van der Waals surface area contributed by atoms with Crippen LogP contribution in [-0.2, 0) is 0 Å². The molecular weight excluding hydrogens is 456 g/mol. The van der Waals surface area contributed by atoms with Crippen molar-refractivity contribution in [2.75, 3.05) is 27.7 Å². The molecule has 0 radical (unpaired) electrons. The van der Waals surface area contributed by atoms with Gasteiger partial charge in [-0.05, 0) is 35.4 Å². The predicted molar refractivity (Wildman–Crippen MR) is 124 cm³/mol. The van der Waals surface area contributed by atoms with Crippen LogP contribution in [0.4, 0.5) is 0 Å². The van der Waals surface area contributed by atoms with Gasteiger partial charge in [0, 0.05) is 38.2 Å². The van der Waals surface area contributed by atoms with E-state index >= 15 is 0 Å². The first-order chi connectivity index (χ1) is 16.4. The van der Waals surface area contributed by atoms with E-state index in [1.807, 2.05) is 0 Å². The molecule has 2 aliphatic rings. The Morgan fingerprint density at radius 3 is 1.97 bits per heavy atom. The Kier molecular flexibility index (Phi) is 6.03. The second-order valence-corrected chi connectivity index (χ2v) is 9.49. The average Bonchev–Trinajstić information content (AvgIpc) is 2.87. The SMILES string of the molecule is CNC(=O)c1ccc(C2[C@]3(O)C(O)C(c4ccc(C(=O)N(C)C)cc4)[C@]3(O)[C@]2(O)[C@H](O)CO)cc1. The normalized spacial score (nSPS) is 34.1. The summed E-state index contributed by atoms with van der Waals surface area (Å²) in [4.78, 5) is 25.5. The number of rotatable bonds is 6. The maximum atomic E-state index is 12.2. The van der Waals surface area contributed by atoms with E-state index in [0.29, 0.717) is 16.7 Å². The zero-order valence-electron chi connectivity index (χ0n) is 19.6. The highest BCUT2D eigenvalue weighted by molar-refractivity contribution is 5.94. The molecule has 4 rings (SSSR count). The van der Waals surface area contributed by atoms with E-state index in [-0.39, 0.29) is 17.4 Å². The lowest BCUT2D eigenvalue weighted by molar-refractivity contribution is -0.459. The fraction of sp³-hybridized carbons (Fsp3) is 0.440. The largest absolute Gasteiger partial charge is 0.394 e. The summed E-state index contributed by atoms with van der Waals surface area (Å²) in [6.45, 7) is -0.916. The molecule has 7 N–H and O–H groups in total. The molecule has 2 aliphatic carbocycles. The first-order valence-corrected chi connectivity index (χ1v) is 11.2. The van der Waals surface area contributed by atoms with Gasteiger partial charge in [0.1, 0.15) is 22.9 Å². The number of carbonyl (C=O) groups is 2. The lowest BCUT2D eigenvalue weighted by atomic mass is 9.30. The molecule has 188 valence electrons. The molecule has 0 bridgehead atoms. The van der Waals surface area contributed by atoms with E-state index in [4.69, 9.17) is 0 Å². The Morgan fingerprint density at radius 1 is 0.971 bits per heavy atom. The van der Waals surface area contributed by atoms with Crippen LogP contribution in [0.2, 0.25) is 0 Å². The van der Waals surface area contributed by atoms with Crippen molar-refractivity contribution in [2.24, 2.45) is 0 Å². The number of amides is 2. The van der Waals surface area contributed by atoms with Crippen molar-refractivity contribution in [1.82, 2.24) is 10.2 Å². The first kappa shape index (κ1) is 25.2. The fourth-order valence-corrected chi connectivity index (χ4v) is 5.88. The molecule has 10 nitrogen and oxygen atoms in total. The highest BCUT2D eigenvalue weighted by Gasteiger charge is 2.93. The van der Waals surface area contributed by atoms with Crippen molar-refractivity contribution in [1.29, 1.82) is 0 Å². The number of hydrogen-bond acceptors (Lipinski definition) is 8. The zero-order valence-corrected chi connectivity index (χ0v) is 19.6. The van der Waals surface area contributed by atoms with Crippen molar-refractivity contribution in [2.45, 2.75) is 40.8 Å². The molecule has 0 heterocycles. The second-order valence-electron chi connectivity index (χ2n) is 9.49. The molecule has 0 aliphatic heterocycles. The van der Waals surface area contributed by atoms with Crippen molar-refractivity contribution >= 4 is 11.8 Å². The number of nitrogens with one attached hydrogen (secondary N) is 1. The Morgan fingerprint density at radius 2 is 1.49 bits per heavy atom. The van der Waals surface area contributed by atoms with Crippen LogP contribution in [0.5, 0.6) is 0 Å². The zero-order chi connectivity index (χ0) is 25.9. The van der Waals surface area contributed by atoms with Gasteiger partial charge in [0.15, 0.2) is 0 Å². The van der Waals surface area contributed by atoms with Crippen LogP contribution in [0.25, 0.3) is 0 Å². The summed E-state index contributed by atoms with van der Waals surface area (Å²) in [5, 5.41) is 68.5. The number of benzene rings is 2. The van der Waals surface area contributed by atoms with Crippen molar-refractivity contribution in [3.8, 4) is 0 Å². The maximum absolute atomic E-state index is 12.2. The molecule has 35 heavy (non-hydrogen) atoms. The number of aliphatic hydroxyl groups is 6. The van der Waals surface area contributed by atoms with Crippen molar-refractivity contribution in [3.05, 3.63) is 70.8 Å². The lowest BCUT2D eigenvalue weighted by Gasteiger charge is -2.80. The molecule has 2 amide bonds. The summed E-state index contributed by atoms with van der Waals surface area (Å²) in [6.07, 6.45) is -3.40. The van der Waals surface area contributed by atoms with Gasteiger partial charge < -0.3 is 40.9 Å². The minimum atomic E-state index is -2.44. The standard InChI is InChI=1S/C25H30N2O8/c1-26-21(31)15-8-6-14(7-9-15)19-23(33,17(29)12-28)25(35)18(20(30)24(19,25)34)13-4-10-16(11-5-13)22(32)27(2)3/h4-11,17-20,28-30,33-35H,12H2,1-3H3,(H,26,31)/t17-,18?,19?,20?,23+,24+,25+/m1/s1. The Hall–Kier alpha value is -2.86. The first-order valence-electron chi connectivity index (χ1n) is 11.2. The molecule has 2 aromatic carbocycles. The molecule has 0 aromatic heterocycles. The molecule has 2 saturated carbocycles. The fourth-order valence-electron chi connectivity index (χ4n) is 5.88. The summed E-state index contributed by atoms with van der Waals surface area (Å²) >= 11 is 0. The van der Waals surface area contributed by atoms with Gasteiger partial charge in [0.2, 0.25) is 0 Å². The van der Waals surface area contributed by atoms with Gasteiger partial charge in [-0.15, -0.1) is 0 Å². The monoisotopic (exact) mass is 486 g/mol. The highest BCUT2D eigenvalue weighted by atomic mass is 16.5. The molecule has 3 unspecified atom stereocenters. The summed E-state index contributed by atoms with van der Waals surface area (Å²) in [6, 6.07) is 11.8. The molecule has 10 heteroatoms. The third-order valence-electron chi connectivity index (χ3n) is 7.66. The van der Waals surface area contributed by atoms with Gasteiger partial charge >= 0.3 is 0 Å². The van der Waals surface area contributed by atoms with E-state index in [1.165, 1.54) is 60.5 Å². The van der Waals surface area contributed by atoms with Crippen LogP contribution in [0.1, 0.15) is 43.7 Å². The Bertz CT molecular complexity index is 1140. The number of fused-ring (bicyclic) bond motifs is 1. The molecule has 2 fully saturated rings. The number of carbonyl (C=O) groups excluding carboxylic acids is 2. The topological polar surface area (TPSA) is 171 Å². The molecule has 0 spiro atoms. The minimum absolute atomic E-state index is 0.253. The van der Waals surface area contributed by atoms with Gasteiger partial charge in [-0.3, -0.25) is 9.59 Å². The summed E-state index contributed by atoms with van der Waals surface area (Å²) in [7, 11) is 4.66. The third-order valence-corrected chi connectivity index (χ3v) is 7.66. The average molecular weight is 487 g/mol. The van der Waals surface area contributed by atoms with E-state index in [2.05, 4.69) is 5.32 Å². The second kappa shape index (κ2) is 8.37. The van der Waals surface area contributed by atoms with Crippen LogP contribution in [0, 0.1) is 0 Å². The maximum Gasteiger partial charge on any atom is 0.253 e. The van der Waals surface area contributed by atoms with Crippen LogP contribution < -0.4 is 5.32 Å². The Labute approximate surface area is 202 Å². The summed E-state index contributed by atoms with van der Waals surface area (Å²) in [5.74, 6) is -3.20. The quantitative estimate of drug-likeness (QED) is 0.260. The van der Waals surface area contributed by atoms with Gasteiger partial charge in [-0.25, -0.2) is 0 Å². The smallest absolute Gasteiger partial charge is 0.253 e. The third kappa shape index (κ3) is 3.05. The predicted octanol–water partition coefficient (Wildman–Crippen LogP) is -1.45. The number of hydrogen-bond donors (Lipinski definition) is 7. The highest BCUT2D eigenvalue weighted by Crippen LogP contribution is 2.75. The van der Waals surface area contributed by atoms with Crippen molar-refractivity contribution < 1.29 is 40.2 Å². The minimum Gasteiger partial charge on any atom is -0.394 e. The molecule has 2 aromatic rings. The van der Waals surface area contributed by atoms with E-state index in [1.54, 1.807) is 14.1 Å². The molecular formula is C25H30N2O8.